The van der Waals surface area contributed by atoms with E-state index in [1.165, 1.54) is 229 Å². The molecule has 0 unspecified atom stereocenters. The van der Waals surface area contributed by atoms with Gasteiger partial charge in [-0.15, -0.1) is 0 Å². The molecule has 3 heterocycles. The summed E-state index contributed by atoms with van der Waals surface area (Å²) in [6.07, 6.45) is 0. The predicted molar refractivity (Wildman–Crippen MR) is 627 cm³/mol. The Morgan fingerprint density at radius 3 is 0.639 bits per heavy atom. The van der Waals surface area contributed by atoms with Gasteiger partial charge in [-0.2, -0.15) is 0 Å². The van der Waals surface area contributed by atoms with E-state index < -0.39 is 0 Å². The molecule has 31 aromatic rings. The third-order valence-electron chi connectivity index (χ3n) is 30.2. The van der Waals surface area contributed by atoms with Crippen molar-refractivity contribution < 1.29 is 13.3 Å². The number of benzene rings is 28. The second kappa shape index (κ2) is 36.0. The maximum Gasteiger partial charge on any atom is 0.136 e. The minimum absolute atomic E-state index is 0.917. The zero-order chi connectivity index (χ0) is 96.9. The van der Waals surface area contributed by atoms with Crippen LogP contribution in [0.2, 0.25) is 0 Å². The Bertz CT molecular complexity index is 10500. The highest BCUT2D eigenvalue weighted by molar-refractivity contribution is 6.29. The van der Waals surface area contributed by atoms with Crippen LogP contribution < -0.4 is 0 Å². The van der Waals surface area contributed by atoms with Crippen molar-refractivity contribution in [3.05, 3.63) is 546 Å². The van der Waals surface area contributed by atoms with E-state index in [2.05, 4.69) is 534 Å². The fourth-order valence-corrected chi connectivity index (χ4v) is 23.7. The lowest BCUT2D eigenvalue weighted by molar-refractivity contribution is 0.668. The zero-order valence-electron chi connectivity index (χ0n) is 80.2. The van der Waals surface area contributed by atoms with Crippen molar-refractivity contribution in [3.8, 4) is 100 Å². The first-order valence-electron chi connectivity index (χ1n) is 50.6. The van der Waals surface area contributed by atoms with E-state index in [4.69, 9.17) is 13.3 Å². The van der Waals surface area contributed by atoms with Gasteiger partial charge in [0, 0.05) is 32.3 Å². The van der Waals surface area contributed by atoms with Gasteiger partial charge in [0.2, 0.25) is 0 Å². The van der Waals surface area contributed by atoms with E-state index in [1.54, 1.807) is 0 Å². The molecule has 0 saturated heterocycles. The molecule has 0 aliphatic heterocycles. The van der Waals surface area contributed by atoms with Crippen LogP contribution in [0.25, 0.3) is 295 Å². The highest BCUT2D eigenvalue weighted by Crippen LogP contribution is 2.53. The van der Waals surface area contributed by atoms with Gasteiger partial charge in [0.1, 0.15) is 33.5 Å². The molecule has 0 spiro atoms. The second-order valence-corrected chi connectivity index (χ2v) is 38.4. The zero-order valence-corrected chi connectivity index (χ0v) is 80.2. The maximum atomic E-state index is 6.34. The van der Waals surface area contributed by atoms with Gasteiger partial charge >= 0.3 is 0 Å². The molecule has 0 amide bonds. The Morgan fingerprint density at radius 1 is 0.0884 bits per heavy atom. The summed E-state index contributed by atoms with van der Waals surface area (Å²) in [4.78, 5) is 0. The predicted octanol–water partition coefficient (Wildman–Crippen LogP) is 41.3. The minimum Gasteiger partial charge on any atom is -0.456 e. The molecule has 3 nitrogen and oxygen atoms in total. The van der Waals surface area contributed by atoms with Gasteiger partial charge < -0.3 is 13.3 Å². The van der Waals surface area contributed by atoms with Crippen molar-refractivity contribution in [1.82, 2.24) is 0 Å². The van der Waals surface area contributed by atoms with Gasteiger partial charge in [0.05, 0.1) is 0 Å². The minimum atomic E-state index is 0.917. The molecule has 684 valence electrons. The molecule has 28 aromatic carbocycles. The molecule has 0 radical (unpaired) electrons. The fraction of sp³-hybridized carbons (Fsp3) is 0. The van der Waals surface area contributed by atoms with Crippen molar-refractivity contribution in [2.24, 2.45) is 0 Å². The van der Waals surface area contributed by atoms with Crippen molar-refractivity contribution >= 4 is 195 Å². The van der Waals surface area contributed by atoms with Crippen LogP contribution in [-0.4, -0.2) is 0 Å². The summed E-state index contributed by atoms with van der Waals surface area (Å²) in [5, 5.41) is 37.2. The van der Waals surface area contributed by atoms with Gasteiger partial charge in [-0.3, -0.25) is 0 Å². The van der Waals surface area contributed by atoms with E-state index in [9.17, 15) is 0 Å². The van der Waals surface area contributed by atoms with Crippen molar-refractivity contribution in [2.45, 2.75) is 0 Å². The Hall–Kier alpha value is -19.3. The molecule has 0 fully saturated rings. The highest BCUT2D eigenvalue weighted by Gasteiger charge is 2.26. The van der Waals surface area contributed by atoms with Crippen LogP contribution in [0.3, 0.4) is 0 Å². The SMILES string of the molecule is c1ccc(-c2c3ccccc3c(-c3ccc4oc5cc6ccccc6cc5c4c3)c3ccccc23)cc1.c1ccc(-c2c3ccccc3c(-c3ccc4oc5ccccc5c4c3)c3ccccc23)cc1.c1ccc(-c2ccc(-c3c4ccccc4c(-c4ccccc4)c4ccccc34)c3ccccc23)cc1.c1ccc2cc3c(cc2c1)oc1ccc(-c2c4ccccc4c(-c4cccc5ccccc45)c4ccccc24)cc13. The lowest BCUT2D eigenvalue weighted by atomic mass is 9.84. The van der Waals surface area contributed by atoms with E-state index in [1.807, 2.05) is 12.1 Å². The van der Waals surface area contributed by atoms with E-state index in [0.29, 0.717) is 0 Å². The normalized spacial score (nSPS) is 11.7. The largest absolute Gasteiger partial charge is 0.456 e. The van der Waals surface area contributed by atoms with Crippen LogP contribution in [0.15, 0.2) is 559 Å². The van der Waals surface area contributed by atoms with Crippen molar-refractivity contribution in [1.29, 1.82) is 0 Å². The van der Waals surface area contributed by atoms with E-state index >= 15 is 0 Å². The topological polar surface area (TPSA) is 39.4 Å². The summed E-state index contributed by atoms with van der Waals surface area (Å²) < 4.78 is 18.7. The molecular formula is C144H90O3. The summed E-state index contributed by atoms with van der Waals surface area (Å²) in [5.41, 5.74) is 28.2. The van der Waals surface area contributed by atoms with Gasteiger partial charge in [0.25, 0.3) is 0 Å². The second-order valence-electron chi connectivity index (χ2n) is 38.4. The average molecular weight is 1870 g/mol. The molecule has 147 heavy (non-hydrogen) atoms. The third kappa shape index (κ3) is 14.7. The number of fused-ring (bicyclic) bond motifs is 21. The molecule has 0 bridgehead atoms. The fourth-order valence-electron chi connectivity index (χ4n) is 23.7. The Kier molecular flexibility index (Phi) is 21.0. The summed E-state index contributed by atoms with van der Waals surface area (Å²) >= 11 is 0. The molecule has 0 atom stereocenters. The molecule has 0 aliphatic carbocycles. The summed E-state index contributed by atoms with van der Waals surface area (Å²) in [7, 11) is 0. The summed E-state index contributed by atoms with van der Waals surface area (Å²) in [6, 6.07) is 196. The van der Waals surface area contributed by atoms with Crippen LogP contribution in [0, 0.1) is 0 Å². The van der Waals surface area contributed by atoms with Gasteiger partial charge in [-0.05, 0) is 296 Å². The molecule has 3 heteroatoms. The maximum absolute atomic E-state index is 6.34. The third-order valence-corrected chi connectivity index (χ3v) is 30.2. The van der Waals surface area contributed by atoms with Gasteiger partial charge in [-0.1, -0.05) is 479 Å². The van der Waals surface area contributed by atoms with Gasteiger partial charge in [-0.25, -0.2) is 0 Å². The lowest BCUT2D eigenvalue weighted by Gasteiger charge is -2.19. The number of hydrogen-bond acceptors (Lipinski definition) is 3. The molecule has 31 rings (SSSR count). The van der Waals surface area contributed by atoms with Crippen LogP contribution in [-0.2, 0) is 0 Å². The van der Waals surface area contributed by atoms with Crippen LogP contribution in [0.4, 0.5) is 0 Å². The first-order chi connectivity index (χ1) is 73.0. The van der Waals surface area contributed by atoms with Gasteiger partial charge in [0.15, 0.2) is 0 Å². The number of furan rings is 3. The summed E-state index contributed by atoms with van der Waals surface area (Å²) in [5.74, 6) is 0. The number of rotatable bonds is 9. The molecular weight excluding hydrogens is 1780 g/mol. The van der Waals surface area contributed by atoms with Crippen LogP contribution in [0.1, 0.15) is 0 Å². The van der Waals surface area contributed by atoms with Crippen molar-refractivity contribution in [3.63, 3.8) is 0 Å². The first-order valence-corrected chi connectivity index (χ1v) is 50.6. The monoisotopic (exact) mass is 1870 g/mol. The Labute approximate surface area is 848 Å². The average Bonchev–Trinajstić information content (AvgIpc) is 1.64. The van der Waals surface area contributed by atoms with E-state index in [0.717, 1.165) is 65.8 Å². The molecule has 0 saturated carbocycles. The molecule has 0 aliphatic rings. The smallest absolute Gasteiger partial charge is 0.136 e. The van der Waals surface area contributed by atoms with Crippen LogP contribution in [0.5, 0.6) is 0 Å². The molecule has 3 aromatic heterocycles. The highest BCUT2D eigenvalue weighted by atomic mass is 16.3. The van der Waals surface area contributed by atoms with Crippen LogP contribution >= 0.6 is 0 Å². The number of para-hydroxylation sites is 1. The quantitative estimate of drug-likeness (QED) is 0.135. The standard InChI is InChI=1S/C40H24O.C36H22O.C36H24.C32H20O/c1-2-12-27-24-38-36(22-26(27)11-1)35-23-28(20-21-37(35)41-38)39-31-15-5-7-17-33(31)40(34-18-8-6-16-32(34)39)30-19-9-13-25-10-3-4-14-29(25)30;1-2-10-23(11-3-1)35-27-14-6-8-16-29(27)36(30-17-9-7-15-28(30)35)26-18-19-33-31(21-26)32-20-24-12-4-5-13-25(24)22-34(32)37-33;1-3-13-25(14-4-1)27-23-24-34(29-18-8-7-17-28(27)29)36-32-21-11-9-19-30(32)35(26-15-5-2-6-16-26)31-20-10-12-22-33(31)36;1-2-10-21(11-3-1)31-24-13-4-6-15-26(24)32(27-16-7-5-14-25(27)31)22-18-19-30-28(20-22)23-12-8-9-17-29(23)33-30/h1-24H;1-22H;1-24H;1-20H. The number of hydrogen-bond donors (Lipinski definition) is 0. The lowest BCUT2D eigenvalue weighted by Crippen LogP contribution is -1.92. The first kappa shape index (κ1) is 85.6. The molecule has 0 N–H and O–H groups in total. The summed E-state index contributed by atoms with van der Waals surface area (Å²) in [6.45, 7) is 0. The Morgan fingerprint density at radius 2 is 0.299 bits per heavy atom. The Balaban J connectivity index is 0.0000000950. The van der Waals surface area contributed by atoms with E-state index in [-0.39, 0.29) is 0 Å². The van der Waals surface area contributed by atoms with Crippen molar-refractivity contribution in [2.75, 3.05) is 0 Å².